The average Bonchev–Trinajstić information content (AvgIpc) is 2.80. The van der Waals surface area contributed by atoms with E-state index in [1.807, 2.05) is 24.3 Å². The Morgan fingerprint density at radius 3 is 2.79 bits per heavy atom. The van der Waals surface area contributed by atoms with Crippen LogP contribution in [0.5, 0.6) is 0 Å². The van der Waals surface area contributed by atoms with Gasteiger partial charge in [0.2, 0.25) is 5.89 Å². The molecular weight excluding hydrogens is 310 g/mol. The topological polar surface area (TPSA) is 74.2 Å². The van der Waals surface area contributed by atoms with Crippen molar-refractivity contribution >= 4 is 15.9 Å². The van der Waals surface area contributed by atoms with Gasteiger partial charge in [0.1, 0.15) is 0 Å². The number of hydrogen-bond donors (Lipinski definition) is 1. The standard InChI is InChI=1S/C13H16BrN3O2/c1-18-8-11(15)7-13-16-12(17-19-13)6-9-2-4-10(14)5-3-9/h2-5,11H,6-8,15H2,1H3. The number of ether oxygens (including phenoxy) is 1. The number of nitrogens with two attached hydrogens (primary N) is 1. The third kappa shape index (κ3) is 4.41. The summed E-state index contributed by atoms with van der Waals surface area (Å²) in [5.74, 6) is 1.22. The highest BCUT2D eigenvalue weighted by molar-refractivity contribution is 9.10. The predicted molar refractivity (Wildman–Crippen MR) is 74.8 cm³/mol. The number of hydrogen-bond acceptors (Lipinski definition) is 5. The minimum Gasteiger partial charge on any atom is -0.383 e. The lowest BCUT2D eigenvalue weighted by Gasteiger charge is -2.05. The second-order valence-electron chi connectivity index (χ2n) is 4.33. The Balaban J connectivity index is 1.95. The Kier molecular flexibility index (Phi) is 5.07. The van der Waals surface area contributed by atoms with E-state index in [1.165, 1.54) is 0 Å². The van der Waals surface area contributed by atoms with Crippen LogP contribution in [-0.4, -0.2) is 29.9 Å². The van der Waals surface area contributed by atoms with Gasteiger partial charge in [-0.15, -0.1) is 0 Å². The van der Waals surface area contributed by atoms with E-state index in [0.29, 0.717) is 31.2 Å². The lowest BCUT2D eigenvalue weighted by Crippen LogP contribution is -2.28. The summed E-state index contributed by atoms with van der Waals surface area (Å²) in [5.41, 5.74) is 6.97. The Bertz CT molecular complexity index is 513. The summed E-state index contributed by atoms with van der Waals surface area (Å²) in [6, 6.07) is 7.91. The Labute approximate surface area is 120 Å². The van der Waals surface area contributed by atoms with Crippen LogP contribution in [0.4, 0.5) is 0 Å². The second kappa shape index (κ2) is 6.79. The molecule has 0 spiro atoms. The monoisotopic (exact) mass is 325 g/mol. The van der Waals surface area contributed by atoms with Crippen LogP contribution in [0.15, 0.2) is 33.3 Å². The first-order valence-electron chi connectivity index (χ1n) is 5.98. The molecule has 0 amide bonds. The van der Waals surface area contributed by atoms with Crippen molar-refractivity contribution in [3.05, 3.63) is 46.0 Å². The molecule has 2 N–H and O–H groups in total. The van der Waals surface area contributed by atoms with Gasteiger partial charge in [0, 0.05) is 30.5 Å². The highest BCUT2D eigenvalue weighted by atomic mass is 79.9. The molecule has 0 aliphatic rings. The Morgan fingerprint density at radius 2 is 2.11 bits per heavy atom. The van der Waals surface area contributed by atoms with Crippen molar-refractivity contribution in [3.63, 3.8) is 0 Å². The van der Waals surface area contributed by atoms with Crippen LogP contribution in [0.2, 0.25) is 0 Å². The van der Waals surface area contributed by atoms with E-state index < -0.39 is 0 Å². The minimum atomic E-state index is -0.119. The van der Waals surface area contributed by atoms with Crippen LogP contribution >= 0.6 is 15.9 Å². The van der Waals surface area contributed by atoms with Crippen molar-refractivity contribution in [2.45, 2.75) is 18.9 Å². The highest BCUT2D eigenvalue weighted by Crippen LogP contribution is 2.13. The van der Waals surface area contributed by atoms with Gasteiger partial charge in [0.25, 0.3) is 0 Å². The van der Waals surface area contributed by atoms with Crippen molar-refractivity contribution in [1.82, 2.24) is 10.1 Å². The smallest absolute Gasteiger partial charge is 0.228 e. The van der Waals surface area contributed by atoms with Gasteiger partial charge in [-0.3, -0.25) is 0 Å². The van der Waals surface area contributed by atoms with E-state index in [4.69, 9.17) is 15.0 Å². The predicted octanol–water partition coefficient (Wildman–Crippen LogP) is 1.94. The summed E-state index contributed by atoms with van der Waals surface area (Å²) >= 11 is 3.40. The zero-order valence-electron chi connectivity index (χ0n) is 10.7. The third-order valence-electron chi connectivity index (χ3n) is 2.60. The summed E-state index contributed by atoms with van der Waals surface area (Å²) in [5, 5.41) is 3.95. The van der Waals surface area contributed by atoms with Crippen LogP contribution < -0.4 is 5.73 Å². The first-order valence-corrected chi connectivity index (χ1v) is 6.77. The van der Waals surface area contributed by atoms with E-state index in [0.717, 1.165) is 10.0 Å². The van der Waals surface area contributed by atoms with Crippen LogP contribution in [0, 0.1) is 0 Å². The van der Waals surface area contributed by atoms with E-state index in [1.54, 1.807) is 7.11 Å². The molecule has 0 fully saturated rings. The summed E-state index contributed by atoms with van der Waals surface area (Å²) < 4.78 is 11.2. The average molecular weight is 326 g/mol. The lowest BCUT2D eigenvalue weighted by atomic mass is 10.1. The molecule has 0 aliphatic carbocycles. The second-order valence-corrected chi connectivity index (χ2v) is 5.24. The molecule has 1 aromatic carbocycles. The number of methoxy groups -OCH3 is 1. The van der Waals surface area contributed by atoms with Crippen LogP contribution in [0.1, 0.15) is 17.3 Å². The zero-order valence-corrected chi connectivity index (χ0v) is 12.3. The zero-order chi connectivity index (χ0) is 13.7. The van der Waals surface area contributed by atoms with Crippen molar-refractivity contribution < 1.29 is 9.26 Å². The summed E-state index contributed by atoms with van der Waals surface area (Å²) in [6.45, 7) is 0.477. The van der Waals surface area contributed by atoms with Crippen molar-refractivity contribution in [3.8, 4) is 0 Å². The van der Waals surface area contributed by atoms with Gasteiger partial charge in [-0.2, -0.15) is 4.98 Å². The molecule has 1 atom stereocenters. The summed E-state index contributed by atoms with van der Waals surface area (Å²) in [7, 11) is 1.62. The van der Waals surface area contributed by atoms with Crippen molar-refractivity contribution in [2.75, 3.05) is 13.7 Å². The molecule has 2 rings (SSSR count). The fourth-order valence-corrected chi connectivity index (χ4v) is 1.99. The third-order valence-corrected chi connectivity index (χ3v) is 3.13. The molecular formula is C13H16BrN3O2. The summed E-state index contributed by atoms with van der Waals surface area (Å²) in [4.78, 5) is 4.33. The SMILES string of the molecule is COCC(N)Cc1nc(Cc2ccc(Br)cc2)no1. The molecule has 0 aliphatic heterocycles. The normalized spacial score (nSPS) is 12.6. The fraction of sp³-hybridized carbons (Fsp3) is 0.385. The fourth-order valence-electron chi connectivity index (χ4n) is 1.73. The van der Waals surface area contributed by atoms with Gasteiger partial charge in [-0.05, 0) is 17.7 Å². The van der Waals surface area contributed by atoms with Gasteiger partial charge in [-0.1, -0.05) is 33.2 Å². The van der Waals surface area contributed by atoms with Gasteiger partial charge < -0.3 is 15.0 Å². The first-order chi connectivity index (χ1) is 9.17. The molecule has 102 valence electrons. The van der Waals surface area contributed by atoms with E-state index in [-0.39, 0.29) is 6.04 Å². The summed E-state index contributed by atoms with van der Waals surface area (Å²) in [6.07, 6.45) is 1.18. The van der Waals surface area contributed by atoms with Crippen LogP contribution in [0.3, 0.4) is 0 Å². The van der Waals surface area contributed by atoms with Gasteiger partial charge >= 0.3 is 0 Å². The maximum atomic E-state index is 5.84. The van der Waals surface area contributed by atoms with E-state index in [2.05, 4.69) is 26.1 Å². The van der Waals surface area contributed by atoms with Gasteiger partial charge in [0.15, 0.2) is 5.82 Å². The molecule has 0 saturated heterocycles. The molecule has 0 saturated carbocycles. The number of benzene rings is 1. The maximum Gasteiger partial charge on any atom is 0.228 e. The van der Waals surface area contributed by atoms with Gasteiger partial charge in [0.05, 0.1) is 6.61 Å². The largest absolute Gasteiger partial charge is 0.383 e. The number of rotatable bonds is 6. The minimum absolute atomic E-state index is 0.119. The molecule has 1 aromatic heterocycles. The molecule has 6 heteroatoms. The van der Waals surface area contributed by atoms with E-state index in [9.17, 15) is 0 Å². The Hall–Kier alpha value is -1.24. The lowest BCUT2D eigenvalue weighted by molar-refractivity contribution is 0.176. The molecule has 19 heavy (non-hydrogen) atoms. The van der Waals surface area contributed by atoms with Crippen LogP contribution in [-0.2, 0) is 17.6 Å². The molecule has 2 aromatic rings. The molecule has 5 nitrogen and oxygen atoms in total. The van der Waals surface area contributed by atoms with Crippen LogP contribution in [0.25, 0.3) is 0 Å². The first kappa shape index (κ1) is 14.2. The molecule has 1 heterocycles. The van der Waals surface area contributed by atoms with Gasteiger partial charge in [-0.25, -0.2) is 0 Å². The quantitative estimate of drug-likeness (QED) is 0.878. The highest BCUT2D eigenvalue weighted by Gasteiger charge is 2.11. The van der Waals surface area contributed by atoms with Crippen molar-refractivity contribution in [1.29, 1.82) is 0 Å². The maximum absolute atomic E-state index is 5.84. The molecule has 0 radical (unpaired) electrons. The number of halogens is 1. The van der Waals surface area contributed by atoms with E-state index >= 15 is 0 Å². The molecule has 1 unspecified atom stereocenters. The number of aromatic nitrogens is 2. The number of nitrogens with zero attached hydrogens (tertiary/aromatic N) is 2. The molecule has 0 bridgehead atoms. The Morgan fingerprint density at radius 1 is 1.37 bits per heavy atom. The van der Waals surface area contributed by atoms with Crippen molar-refractivity contribution in [2.24, 2.45) is 5.73 Å².